The van der Waals surface area contributed by atoms with Gasteiger partial charge in [-0.1, -0.05) is 60.7 Å². The average Bonchev–Trinajstić information content (AvgIpc) is 2.65. The minimum absolute atomic E-state index is 0.111. The van der Waals surface area contributed by atoms with Crippen LogP contribution in [0, 0.1) is 0 Å². The Hall–Kier alpha value is -1.76. The van der Waals surface area contributed by atoms with E-state index in [0.717, 1.165) is 11.1 Å². The minimum atomic E-state index is -1.27. The van der Waals surface area contributed by atoms with E-state index in [4.69, 9.17) is 14.6 Å². The Morgan fingerprint density at radius 2 is 1.33 bits per heavy atom. The van der Waals surface area contributed by atoms with Gasteiger partial charge in [0, 0.05) is 0 Å². The van der Waals surface area contributed by atoms with Crippen molar-refractivity contribution >= 4 is 0 Å². The van der Waals surface area contributed by atoms with Crippen LogP contribution in [0.2, 0.25) is 0 Å². The van der Waals surface area contributed by atoms with Crippen LogP contribution in [0.3, 0.4) is 0 Å². The minimum Gasteiger partial charge on any atom is -0.394 e. The van der Waals surface area contributed by atoms with Crippen LogP contribution >= 0.6 is 0 Å². The van der Waals surface area contributed by atoms with Crippen LogP contribution in [0.1, 0.15) is 11.1 Å². The van der Waals surface area contributed by atoms with Crippen molar-refractivity contribution in [3.05, 3.63) is 71.8 Å². The molecule has 0 spiro atoms. The molecular formula is C19H24O5. The van der Waals surface area contributed by atoms with E-state index in [1.165, 1.54) is 0 Å². The Morgan fingerprint density at radius 1 is 0.792 bits per heavy atom. The van der Waals surface area contributed by atoms with E-state index in [1.54, 1.807) is 0 Å². The van der Waals surface area contributed by atoms with Crippen LogP contribution in [0.15, 0.2) is 60.7 Å². The zero-order valence-electron chi connectivity index (χ0n) is 13.5. The predicted molar refractivity (Wildman–Crippen MR) is 90.2 cm³/mol. The molecule has 0 bridgehead atoms. The number of aliphatic hydroxyl groups is 3. The van der Waals surface area contributed by atoms with Crippen LogP contribution < -0.4 is 0 Å². The molecule has 3 N–H and O–H groups in total. The van der Waals surface area contributed by atoms with Crippen molar-refractivity contribution in [2.24, 2.45) is 0 Å². The highest BCUT2D eigenvalue weighted by molar-refractivity contribution is 5.14. The van der Waals surface area contributed by atoms with Crippen molar-refractivity contribution < 1.29 is 24.8 Å². The molecule has 0 aliphatic carbocycles. The molecule has 2 rings (SSSR count). The molecule has 0 saturated carbocycles. The Morgan fingerprint density at radius 3 is 1.88 bits per heavy atom. The standard InChI is InChI=1S/C19H24O5/c20-11-17(21)19(22)18(24-13-16-9-5-2-6-10-16)14-23-12-15-7-3-1-4-8-15/h1-10,17-22H,11-14H2/t17-,18-,19-/m1/s1. The van der Waals surface area contributed by atoms with E-state index in [0.29, 0.717) is 6.61 Å². The lowest BCUT2D eigenvalue weighted by Gasteiger charge is -2.26. The molecule has 130 valence electrons. The van der Waals surface area contributed by atoms with Gasteiger partial charge in [-0.3, -0.25) is 0 Å². The normalized spacial score (nSPS) is 15.0. The summed E-state index contributed by atoms with van der Waals surface area (Å²) in [5.41, 5.74) is 1.97. The molecule has 0 unspecified atom stereocenters. The van der Waals surface area contributed by atoms with Crippen molar-refractivity contribution in [2.45, 2.75) is 31.5 Å². The zero-order valence-corrected chi connectivity index (χ0v) is 13.5. The summed E-state index contributed by atoms with van der Waals surface area (Å²) in [5.74, 6) is 0. The van der Waals surface area contributed by atoms with Gasteiger partial charge in [-0.2, -0.15) is 0 Å². The number of benzene rings is 2. The number of hydrogen-bond donors (Lipinski definition) is 3. The molecule has 0 saturated heterocycles. The maximum Gasteiger partial charge on any atom is 0.111 e. The van der Waals surface area contributed by atoms with Crippen molar-refractivity contribution in [1.29, 1.82) is 0 Å². The summed E-state index contributed by atoms with van der Waals surface area (Å²) in [7, 11) is 0. The van der Waals surface area contributed by atoms with Gasteiger partial charge in [0.05, 0.1) is 26.4 Å². The Balaban J connectivity index is 1.89. The fourth-order valence-corrected chi connectivity index (χ4v) is 2.25. The zero-order chi connectivity index (χ0) is 17.2. The van der Waals surface area contributed by atoms with Gasteiger partial charge in [-0.05, 0) is 11.1 Å². The van der Waals surface area contributed by atoms with Crippen LogP contribution in [0.25, 0.3) is 0 Å². The lowest BCUT2D eigenvalue weighted by atomic mass is 10.1. The van der Waals surface area contributed by atoms with Gasteiger partial charge < -0.3 is 24.8 Å². The van der Waals surface area contributed by atoms with Gasteiger partial charge in [-0.15, -0.1) is 0 Å². The summed E-state index contributed by atoms with van der Waals surface area (Å²) in [6, 6.07) is 19.2. The van der Waals surface area contributed by atoms with Crippen molar-refractivity contribution in [2.75, 3.05) is 13.2 Å². The van der Waals surface area contributed by atoms with Gasteiger partial charge in [0.2, 0.25) is 0 Å². The second-order valence-electron chi connectivity index (χ2n) is 5.58. The molecule has 2 aromatic carbocycles. The lowest BCUT2D eigenvalue weighted by Crippen LogP contribution is -2.43. The van der Waals surface area contributed by atoms with Crippen molar-refractivity contribution in [3.8, 4) is 0 Å². The third-order valence-electron chi connectivity index (χ3n) is 3.66. The quantitative estimate of drug-likeness (QED) is 0.614. The van der Waals surface area contributed by atoms with E-state index >= 15 is 0 Å². The summed E-state index contributed by atoms with van der Waals surface area (Å²) >= 11 is 0. The van der Waals surface area contributed by atoms with E-state index in [-0.39, 0.29) is 13.2 Å². The maximum absolute atomic E-state index is 10.1. The molecule has 0 amide bonds. The molecule has 0 fully saturated rings. The molecule has 0 aliphatic rings. The number of aliphatic hydroxyl groups excluding tert-OH is 3. The topological polar surface area (TPSA) is 79.2 Å². The largest absolute Gasteiger partial charge is 0.394 e. The van der Waals surface area contributed by atoms with Crippen molar-refractivity contribution in [1.82, 2.24) is 0 Å². The fraction of sp³-hybridized carbons (Fsp3) is 0.368. The highest BCUT2D eigenvalue weighted by Crippen LogP contribution is 2.11. The first kappa shape index (κ1) is 18.6. The third kappa shape index (κ3) is 6.03. The number of ether oxygens (including phenoxy) is 2. The second kappa shape index (κ2) is 10.2. The molecule has 0 heterocycles. The van der Waals surface area contributed by atoms with Gasteiger partial charge in [0.1, 0.15) is 18.3 Å². The number of rotatable bonds is 10. The molecule has 2 aromatic rings. The number of hydrogen-bond acceptors (Lipinski definition) is 5. The Kier molecular flexibility index (Phi) is 7.88. The molecule has 0 aromatic heterocycles. The summed E-state index contributed by atoms with van der Waals surface area (Å²) in [6.45, 7) is 0.244. The Bertz CT molecular complexity index is 560. The van der Waals surface area contributed by atoms with Gasteiger partial charge in [0.25, 0.3) is 0 Å². The first-order valence-electron chi connectivity index (χ1n) is 7.95. The monoisotopic (exact) mass is 332 g/mol. The van der Waals surface area contributed by atoms with Crippen LogP contribution in [-0.2, 0) is 22.7 Å². The fourth-order valence-electron chi connectivity index (χ4n) is 2.25. The second-order valence-corrected chi connectivity index (χ2v) is 5.58. The summed E-state index contributed by atoms with van der Waals surface area (Å²) < 4.78 is 11.3. The molecule has 0 aliphatic heterocycles. The first-order chi connectivity index (χ1) is 11.7. The maximum atomic E-state index is 10.1. The SMILES string of the molecule is OC[C@@H](O)[C@@H](O)[C@@H](COCc1ccccc1)OCc1ccccc1. The van der Waals surface area contributed by atoms with E-state index in [2.05, 4.69) is 0 Å². The predicted octanol–water partition coefficient (Wildman–Crippen LogP) is 1.50. The molecule has 24 heavy (non-hydrogen) atoms. The van der Waals surface area contributed by atoms with Crippen LogP contribution in [-0.4, -0.2) is 46.8 Å². The van der Waals surface area contributed by atoms with Gasteiger partial charge in [0.15, 0.2) is 0 Å². The molecule has 0 radical (unpaired) electrons. The first-order valence-corrected chi connectivity index (χ1v) is 7.95. The molecular weight excluding hydrogens is 308 g/mol. The molecule has 3 atom stereocenters. The van der Waals surface area contributed by atoms with Gasteiger partial charge in [-0.25, -0.2) is 0 Å². The summed E-state index contributed by atoms with van der Waals surface area (Å²) in [5, 5.41) is 28.8. The highest BCUT2D eigenvalue weighted by Gasteiger charge is 2.27. The molecule has 5 nitrogen and oxygen atoms in total. The van der Waals surface area contributed by atoms with Crippen molar-refractivity contribution in [3.63, 3.8) is 0 Å². The lowest BCUT2D eigenvalue weighted by molar-refractivity contribution is -0.131. The van der Waals surface area contributed by atoms with Crippen LogP contribution in [0.4, 0.5) is 0 Å². The van der Waals surface area contributed by atoms with Crippen LogP contribution in [0.5, 0.6) is 0 Å². The Labute approximate surface area is 142 Å². The molecule has 5 heteroatoms. The van der Waals surface area contributed by atoms with Gasteiger partial charge >= 0.3 is 0 Å². The smallest absolute Gasteiger partial charge is 0.111 e. The summed E-state index contributed by atoms with van der Waals surface area (Å²) in [6.07, 6.45) is -3.24. The van der Waals surface area contributed by atoms with E-state index < -0.39 is 24.9 Å². The third-order valence-corrected chi connectivity index (χ3v) is 3.66. The average molecular weight is 332 g/mol. The van der Waals surface area contributed by atoms with E-state index in [1.807, 2.05) is 60.7 Å². The highest BCUT2D eigenvalue weighted by atomic mass is 16.5. The van der Waals surface area contributed by atoms with E-state index in [9.17, 15) is 10.2 Å². The summed E-state index contributed by atoms with van der Waals surface area (Å²) in [4.78, 5) is 0.